The minimum Gasteiger partial charge on any atom is -0.377 e. The summed E-state index contributed by atoms with van der Waals surface area (Å²) in [5.41, 5.74) is 0. The molecule has 0 aromatic heterocycles. The van der Waals surface area contributed by atoms with Gasteiger partial charge in [-0.15, -0.1) is 0 Å². The first-order valence-corrected chi connectivity index (χ1v) is 6.91. The number of nitrogens with one attached hydrogen (secondary N) is 1. The zero-order valence-electron chi connectivity index (χ0n) is 10.7. The van der Waals surface area contributed by atoms with Crippen molar-refractivity contribution in [2.24, 2.45) is 5.92 Å². The molecule has 0 unspecified atom stereocenters. The van der Waals surface area contributed by atoms with Crippen LogP contribution in [0.15, 0.2) is 0 Å². The maximum absolute atomic E-state index is 11.8. The molecule has 5 nitrogen and oxygen atoms in total. The van der Waals surface area contributed by atoms with E-state index in [9.17, 15) is 4.79 Å². The monoisotopic (exact) mass is 255 g/mol. The highest BCUT2D eigenvalue weighted by atomic mass is 16.7. The van der Waals surface area contributed by atoms with Gasteiger partial charge in [-0.3, -0.25) is 4.79 Å². The van der Waals surface area contributed by atoms with Crippen LogP contribution in [0.5, 0.6) is 0 Å². The normalized spacial score (nSPS) is 28.2. The number of carbonyl (C=O) groups is 1. The molecule has 3 aliphatic rings. The molecule has 1 N–H and O–H groups in total. The Morgan fingerprint density at radius 2 is 1.83 bits per heavy atom. The van der Waals surface area contributed by atoms with Crippen molar-refractivity contribution in [1.29, 1.82) is 0 Å². The van der Waals surface area contributed by atoms with Gasteiger partial charge in [0.15, 0.2) is 5.79 Å². The first-order valence-electron chi connectivity index (χ1n) is 6.91. The van der Waals surface area contributed by atoms with Gasteiger partial charge in [0.05, 0.1) is 32.5 Å². The fraction of sp³-hybridized carbons (Fsp3) is 0.923. The van der Waals surface area contributed by atoms with Crippen LogP contribution in [-0.4, -0.2) is 44.2 Å². The van der Waals surface area contributed by atoms with Crippen molar-refractivity contribution >= 4 is 5.91 Å². The van der Waals surface area contributed by atoms with Crippen LogP contribution in [0.1, 0.15) is 32.1 Å². The van der Waals surface area contributed by atoms with Crippen LogP contribution in [0.25, 0.3) is 0 Å². The van der Waals surface area contributed by atoms with Gasteiger partial charge in [0.2, 0.25) is 5.91 Å². The minimum atomic E-state index is -0.311. The van der Waals surface area contributed by atoms with Gasteiger partial charge in [0.25, 0.3) is 0 Å². The Kier molecular flexibility index (Phi) is 3.54. The number of hydrogen-bond acceptors (Lipinski definition) is 4. The molecule has 0 atom stereocenters. The fourth-order valence-corrected chi connectivity index (χ4v) is 2.98. The molecule has 1 aliphatic carbocycles. The molecule has 1 saturated carbocycles. The molecule has 0 bridgehead atoms. The zero-order valence-corrected chi connectivity index (χ0v) is 10.7. The first-order chi connectivity index (χ1) is 8.76. The molecule has 1 amide bonds. The van der Waals surface area contributed by atoms with Gasteiger partial charge in [-0.1, -0.05) is 0 Å². The van der Waals surface area contributed by atoms with Gasteiger partial charge in [-0.05, 0) is 18.8 Å². The van der Waals surface area contributed by atoms with Crippen molar-refractivity contribution < 1.29 is 19.0 Å². The third kappa shape index (κ3) is 2.68. The standard InChI is InChI=1S/C13H21NO4/c15-12(14-11-8-16-9-11)7-10-1-3-13(4-2-10)17-5-6-18-13/h10-11H,1-9H2,(H,14,15). The summed E-state index contributed by atoms with van der Waals surface area (Å²) >= 11 is 0. The molecule has 1 spiro atoms. The third-order valence-electron chi connectivity index (χ3n) is 4.16. The molecule has 5 heteroatoms. The summed E-state index contributed by atoms with van der Waals surface area (Å²) in [7, 11) is 0. The minimum absolute atomic E-state index is 0.164. The second kappa shape index (κ2) is 5.15. The molecule has 0 aromatic rings. The molecule has 2 heterocycles. The van der Waals surface area contributed by atoms with E-state index < -0.39 is 0 Å². The van der Waals surface area contributed by atoms with Crippen LogP contribution < -0.4 is 5.32 Å². The molecule has 102 valence electrons. The van der Waals surface area contributed by atoms with Crippen molar-refractivity contribution in [3.63, 3.8) is 0 Å². The molecule has 0 radical (unpaired) electrons. The Morgan fingerprint density at radius 1 is 1.17 bits per heavy atom. The highest BCUT2D eigenvalue weighted by Gasteiger charge is 2.40. The summed E-state index contributed by atoms with van der Waals surface area (Å²) < 4.78 is 16.4. The van der Waals surface area contributed by atoms with E-state index in [1.165, 1.54) is 0 Å². The molecular formula is C13H21NO4. The van der Waals surface area contributed by atoms with Crippen molar-refractivity contribution in [3.05, 3.63) is 0 Å². The van der Waals surface area contributed by atoms with Crippen LogP contribution in [0.3, 0.4) is 0 Å². The summed E-state index contributed by atoms with van der Waals surface area (Å²) in [6.07, 6.45) is 4.53. The molecule has 3 rings (SSSR count). The number of carbonyl (C=O) groups excluding carboxylic acids is 1. The summed E-state index contributed by atoms with van der Waals surface area (Å²) in [6.45, 7) is 2.77. The van der Waals surface area contributed by atoms with E-state index in [1.807, 2.05) is 0 Å². The first kappa shape index (κ1) is 12.4. The van der Waals surface area contributed by atoms with Crippen molar-refractivity contribution in [3.8, 4) is 0 Å². The number of hydrogen-bond donors (Lipinski definition) is 1. The summed E-state index contributed by atoms with van der Waals surface area (Å²) in [5, 5.41) is 3.00. The van der Waals surface area contributed by atoms with Crippen LogP contribution >= 0.6 is 0 Å². The highest BCUT2D eigenvalue weighted by Crippen LogP contribution is 2.39. The van der Waals surface area contributed by atoms with Crippen LogP contribution in [0, 0.1) is 5.92 Å². The Bertz CT molecular complexity index is 300. The SMILES string of the molecule is O=C(CC1CCC2(CC1)OCCO2)NC1COC1. The molecular weight excluding hydrogens is 234 g/mol. The summed E-state index contributed by atoms with van der Waals surface area (Å²) in [6, 6.07) is 0.244. The molecule has 2 saturated heterocycles. The molecule has 0 aromatic carbocycles. The third-order valence-corrected chi connectivity index (χ3v) is 4.16. The van der Waals surface area contributed by atoms with E-state index in [-0.39, 0.29) is 17.7 Å². The van der Waals surface area contributed by atoms with Crippen molar-refractivity contribution in [2.45, 2.75) is 43.9 Å². The van der Waals surface area contributed by atoms with E-state index in [2.05, 4.69) is 5.32 Å². The number of ether oxygens (including phenoxy) is 3. The predicted molar refractivity (Wildman–Crippen MR) is 64.0 cm³/mol. The topological polar surface area (TPSA) is 56.8 Å². The second-order valence-corrected chi connectivity index (χ2v) is 5.56. The lowest BCUT2D eigenvalue weighted by Gasteiger charge is -2.35. The van der Waals surface area contributed by atoms with Crippen molar-refractivity contribution in [1.82, 2.24) is 5.32 Å². The van der Waals surface area contributed by atoms with Gasteiger partial charge < -0.3 is 19.5 Å². The second-order valence-electron chi connectivity index (χ2n) is 5.56. The summed E-state index contributed by atoms with van der Waals surface area (Å²) in [5.74, 6) is 0.330. The van der Waals surface area contributed by atoms with Crippen LogP contribution in [0.4, 0.5) is 0 Å². The van der Waals surface area contributed by atoms with E-state index >= 15 is 0 Å². The molecule has 2 aliphatic heterocycles. The molecule has 3 fully saturated rings. The average Bonchev–Trinajstić information content (AvgIpc) is 2.76. The van der Waals surface area contributed by atoms with E-state index in [0.717, 1.165) is 25.7 Å². The van der Waals surface area contributed by atoms with Crippen LogP contribution in [0.2, 0.25) is 0 Å². The van der Waals surface area contributed by atoms with E-state index in [1.54, 1.807) is 0 Å². The number of rotatable bonds is 3. The molecule has 18 heavy (non-hydrogen) atoms. The Morgan fingerprint density at radius 3 is 2.39 bits per heavy atom. The number of amides is 1. The van der Waals surface area contributed by atoms with Gasteiger partial charge in [-0.2, -0.15) is 0 Å². The summed E-state index contributed by atoms with van der Waals surface area (Å²) in [4.78, 5) is 11.8. The average molecular weight is 255 g/mol. The van der Waals surface area contributed by atoms with Crippen molar-refractivity contribution in [2.75, 3.05) is 26.4 Å². The van der Waals surface area contributed by atoms with Gasteiger partial charge in [0, 0.05) is 19.3 Å². The lowest BCUT2D eigenvalue weighted by atomic mass is 9.83. The smallest absolute Gasteiger partial charge is 0.220 e. The van der Waals surface area contributed by atoms with Gasteiger partial charge in [-0.25, -0.2) is 0 Å². The zero-order chi connectivity index (χ0) is 12.4. The largest absolute Gasteiger partial charge is 0.377 e. The van der Waals surface area contributed by atoms with Gasteiger partial charge >= 0.3 is 0 Å². The fourth-order valence-electron chi connectivity index (χ4n) is 2.98. The van der Waals surface area contributed by atoms with E-state index in [0.29, 0.717) is 38.8 Å². The Balaban J connectivity index is 1.40. The van der Waals surface area contributed by atoms with Gasteiger partial charge in [0.1, 0.15) is 0 Å². The maximum Gasteiger partial charge on any atom is 0.220 e. The predicted octanol–water partition coefficient (Wildman–Crippen LogP) is 0.825. The highest BCUT2D eigenvalue weighted by molar-refractivity contribution is 5.76. The Labute approximate surface area is 107 Å². The quantitative estimate of drug-likeness (QED) is 0.811. The Hall–Kier alpha value is -0.650. The lowest BCUT2D eigenvalue weighted by molar-refractivity contribution is -0.183. The maximum atomic E-state index is 11.8. The lowest BCUT2D eigenvalue weighted by Crippen LogP contribution is -2.49. The van der Waals surface area contributed by atoms with Crippen LogP contribution in [-0.2, 0) is 19.0 Å². The van der Waals surface area contributed by atoms with E-state index in [4.69, 9.17) is 14.2 Å².